The first kappa shape index (κ1) is 20.3. The van der Waals surface area contributed by atoms with E-state index in [0.29, 0.717) is 10.1 Å². The summed E-state index contributed by atoms with van der Waals surface area (Å²) in [6.45, 7) is 4.07. The zero-order valence-corrected chi connectivity index (χ0v) is 18.9. The van der Waals surface area contributed by atoms with E-state index in [2.05, 4.69) is 0 Å². The molecule has 6 heteroatoms. The molecule has 3 aromatic carbocycles. The summed E-state index contributed by atoms with van der Waals surface area (Å²) >= 11 is 1.37. The average Bonchev–Trinajstić information content (AvgIpc) is 3.27. The summed E-state index contributed by atoms with van der Waals surface area (Å²) in [5.41, 5.74) is 5.85. The Morgan fingerprint density at radius 3 is 2.25 bits per heavy atom. The number of fused-ring (bicyclic) bond motifs is 1. The highest BCUT2D eigenvalue weighted by Crippen LogP contribution is 2.37. The van der Waals surface area contributed by atoms with E-state index in [1.807, 2.05) is 104 Å². The van der Waals surface area contributed by atoms with Gasteiger partial charge in [-0.15, -0.1) is 0 Å². The minimum absolute atomic E-state index is 0.100. The first-order valence-corrected chi connectivity index (χ1v) is 11.2. The van der Waals surface area contributed by atoms with Crippen molar-refractivity contribution in [3.63, 3.8) is 0 Å². The van der Waals surface area contributed by atoms with Gasteiger partial charge in [-0.3, -0.25) is 9.69 Å². The van der Waals surface area contributed by atoms with Crippen molar-refractivity contribution in [3.05, 3.63) is 94.7 Å². The maximum Gasteiger partial charge on any atom is 0.271 e. The van der Waals surface area contributed by atoms with E-state index in [1.165, 1.54) is 17.3 Å². The molecule has 0 radical (unpaired) electrons. The van der Waals surface area contributed by atoms with Gasteiger partial charge in [0.2, 0.25) is 0 Å². The maximum absolute atomic E-state index is 13.5. The molecular formula is C26H22N4OS. The molecule has 0 aliphatic carbocycles. The van der Waals surface area contributed by atoms with E-state index in [4.69, 9.17) is 9.98 Å². The number of rotatable bonds is 3. The summed E-state index contributed by atoms with van der Waals surface area (Å²) in [4.78, 5) is 25.3. The minimum atomic E-state index is -0.100. The highest BCUT2D eigenvalue weighted by molar-refractivity contribution is 8.19. The summed E-state index contributed by atoms with van der Waals surface area (Å²) in [6.07, 6.45) is 1.85. The number of nitrogens with zero attached hydrogens (tertiary/aromatic N) is 4. The van der Waals surface area contributed by atoms with Crippen molar-refractivity contribution >= 4 is 51.3 Å². The predicted octanol–water partition coefficient (Wildman–Crippen LogP) is 6.00. The molecule has 0 N–H and O–H groups in total. The molecule has 158 valence electrons. The van der Waals surface area contributed by atoms with Gasteiger partial charge in [0.05, 0.1) is 27.3 Å². The van der Waals surface area contributed by atoms with Crippen LogP contribution >= 0.6 is 11.8 Å². The Balaban J connectivity index is 1.59. The van der Waals surface area contributed by atoms with E-state index in [9.17, 15) is 4.79 Å². The molecule has 0 atom stereocenters. The number of amides is 1. The topological polar surface area (TPSA) is 50.5 Å². The standard InChI is InChI=1S/C26H22N4OS/c1-17-8-12-19(13-9-17)27-26-30(20-14-10-18(2)11-15-20)25(31)23(32-26)16-24-28-21-6-4-5-7-22(21)29(24)3/h4-16H,1-3H3. The highest BCUT2D eigenvalue weighted by Gasteiger charge is 2.35. The zero-order chi connectivity index (χ0) is 22.2. The van der Waals surface area contributed by atoms with Crippen LogP contribution in [0, 0.1) is 13.8 Å². The van der Waals surface area contributed by atoms with Gasteiger partial charge in [-0.25, -0.2) is 9.98 Å². The van der Waals surface area contributed by atoms with Crippen LogP contribution in [-0.2, 0) is 11.8 Å². The third-order valence-electron chi connectivity index (χ3n) is 5.44. The van der Waals surface area contributed by atoms with Gasteiger partial charge in [-0.2, -0.15) is 0 Å². The monoisotopic (exact) mass is 438 g/mol. The van der Waals surface area contributed by atoms with E-state index < -0.39 is 0 Å². The molecule has 1 amide bonds. The highest BCUT2D eigenvalue weighted by atomic mass is 32.2. The molecular weight excluding hydrogens is 416 g/mol. The summed E-state index contributed by atoms with van der Waals surface area (Å²) in [5.74, 6) is 0.638. The number of para-hydroxylation sites is 2. The fourth-order valence-electron chi connectivity index (χ4n) is 3.61. The number of aryl methyl sites for hydroxylation is 3. The lowest BCUT2D eigenvalue weighted by Crippen LogP contribution is -2.28. The Hall–Kier alpha value is -3.64. The van der Waals surface area contributed by atoms with Crippen LogP contribution in [0.3, 0.4) is 0 Å². The normalized spacial score (nSPS) is 16.6. The first-order chi connectivity index (χ1) is 15.5. The third kappa shape index (κ3) is 3.74. The Labute approximate surface area is 191 Å². The Morgan fingerprint density at radius 1 is 0.906 bits per heavy atom. The van der Waals surface area contributed by atoms with Crippen LogP contribution in [0.1, 0.15) is 17.0 Å². The van der Waals surface area contributed by atoms with Gasteiger partial charge in [0.1, 0.15) is 5.82 Å². The van der Waals surface area contributed by atoms with Crippen LogP contribution in [0.25, 0.3) is 17.1 Å². The molecule has 1 saturated heterocycles. The Morgan fingerprint density at radius 2 is 1.56 bits per heavy atom. The van der Waals surface area contributed by atoms with Crippen molar-refractivity contribution in [1.29, 1.82) is 0 Å². The van der Waals surface area contributed by atoms with Gasteiger partial charge < -0.3 is 4.57 Å². The van der Waals surface area contributed by atoms with Crippen molar-refractivity contribution in [2.75, 3.05) is 4.90 Å². The second kappa shape index (κ2) is 8.13. The van der Waals surface area contributed by atoms with Crippen molar-refractivity contribution in [1.82, 2.24) is 9.55 Å². The SMILES string of the molecule is Cc1ccc(N=C2SC(=Cc3nc4ccccc4n3C)C(=O)N2c2ccc(C)cc2)cc1. The van der Waals surface area contributed by atoms with Crippen LogP contribution in [0.15, 0.2) is 82.7 Å². The van der Waals surface area contributed by atoms with Crippen molar-refractivity contribution in [2.24, 2.45) is 12.0 Å². The van der Waals surface area contributed by atoms with Crippen LogP contribution in [-0.4, -0.2) is 20.6 Å². The van der Waals surface area contributed by atoms with E-state index in [1.54, 1.807) is 4.90 Å². The van der Waals surface area contributed by atoms with Gasteiger partial charge >= 0.3 is 0 Å². The van der Waals surface area contributed by atoms with Crippen LogP contribution < -0.4 is 4.90 Å². The number of hydrogen-bond donors (Lipinski definition) is 0. The molecule has 0 bridgehead atoms. The Kier molecular flexibility index (Phi) is 5.15. The van der Waals surface area contributed by atoms with Crippen molar-refractivity contribution < 1.29 is 4.79 Å². The number of amidine groups is 1. The molecule has 5 nitrogen and oxygen atoms in total. The fourth-order valence-corrected chi connectivity index (χ4v) is 4.58. The maximum atomic E-state index is 13.5. The number of benzene rings is 3. The lowest BCUT2D eigenvalue weighted by atomic mass is 10.2. The van der Waals surface area contributed by atoms with Crippen LogP contribution in [0.2, 0.25) is 0 Å². The lowest BCUT2D eigenvalue weighted by Gasteiger charge is -2.16. The molecule has 4 aromatic rings. The Bertz CT molecular complexity index is 1380. The second-order valence-corrected chi connectivity index (χ2v) is 8.84. The van der Waals surface area contributed by atoms with E-state index in [0.717, 1.165) is 33.8 Å². The molecule has 32 heavy (non-hydrogen) atoms. The number of aliphatic imine (C=N–C) groups is 1. The number of hydrogen-bond acceptors (Lipinski definition) is 4. The van der Waals surface area contributed by atoms with Gasteiger partial charge in [-0.05, 0) is 62.0 Å². The summed E-state index contributed by atoms with van der Waals surface area (Å²) in [7, 11) is 1.96. The second-order valence-electron chi connectivity index (χ2n) is 7.83. The number of anilines is 1. The van der Waals surface area contributed by atoms with Crippen molar-refractivity contribution in [2.45, 2.75) is 13.8 Å². The fraction of sp³-hybridized carbons (Fsp3) is 0.115. The van der Waals surface area contributed by atoms with Crippen LogP contribution in [0.4, 0.5) is 11.4 Å². The summed E-state index contributed by atoms with van der Waals surface area (Å²) in [6, 6.07) is 23.8. The predicted molar refractivity (Wildman–Crippen MR) is 133 cm³/mol. The number of imidazole rings is 1. The van der Waals surface area contributed by atoms with E-state index >= 15 is 0 Å². The molecule has 1 aromatic heterocycles. The molecule has 1 aliphatic heterocycles. The molecule has 1 fully saturated rings. The zero-order valence-electron chi connectivity index (χ0n) is 18.1. The van der Waals surface area contributed by atoms with Crippen LogP contribution in [0.5, 0.6) is 0 Å². The quantitative estimate of drug-likeness (QED) is 0.369. The minimum Gasteiger partial charge on any atom is -0.328 e. The largest absolute Gasteiger partial charge is 0.328 e. The van der Waals surface area contributed by atoms with Crippen molar-refractivity contribution in [3.8, 4) is 0 Å². The van der Waals surface area contributed by atoms with Gasteiger partial charge in [0.25, 0.3) is 5.91 Å². The molecule has 2 heterocycles. The van der Waals surface area contributed by atoms with Gasteiger partial charge in [-0.1, -0.05) is 47.5 Å². The van der Waals surface area contributed by atoms with Gasteiger partial charge in [0.15, 0.2) is 5.17 Å². The summed E-state index contributed by atoms with van der Waals surface area (Å²) in [5, 5.41) is 0.632. The number of aromatic nitrogens is 2. The molecule has 0 spiro atoms. The summed E-state index contributed by atoms with van der Waals surface area (Å²) < 4.78 is 2.00. The number of carbonyl (C=O) groups excluding carboxylic acids is 1. The third-order valence-corrected chi connectivity index (χ3v) is 6.41. The molecule has 0 saturated carbocycles. The number of thioether (sulfide) groups is 1. The molecule has 0 unspecified atom stereocenters. The number of carbonyl (C=O) groups is 1. The average molecular weight is 439 g/mol. The smallest absolute Gasteiger partial charge is 0.271 e. The lowest BCUT2D eigenvalue weighted by molar-refractivity contribution is -0.113. The first-order valence-electron chi connectivity index (χ1n) is 10.4. The molecule has 5 rings (SSSR count). The van der Waals surface area contributed by atoms with E-state index in [-0.39, 0.29) is 5.91 Å². The van der Waals surface area contributed by atoms with Gasteiger partial charge in [0, 0.05) is 13.1 Å². The molecule has 1 aliphatic rings.